The van der Waals surface area contributed by atoms with Crippen LogP contribution in [0.25, 0.3) is 5.69 Å². The van der Waals surface area contributed by atoms with E-state index >= 15 is 0 Å². The maximum absolute atomic E-state index is 13.0. The first kappa shape index (κ1) is 19.7. The van der Waals surface area contributed by atoms with Crippen molar-refractivity contribution < 1.29 is 12.9 Å². The van der Waals surface area contributed by atoms with Crippen molar-refractivity contribution in [2.45, 2.75) is 31.7 Å². The lowest BCUT2D eigenvalue weighted by Gasteiger charge is -2.21. The molecule has 0 saturated carbocycles. The largest absolute Gasteiger partial charge is 0.360 e. The van der Waals surface area contributed by atoms with E-state index in [9.17, 15) is 8.42 Å². The third-order valence-corrected chi connectivity index (χ3v) is 7.17. The topological polar surface area (TPSA) is 97.4 Å². The lowest BCUT2D eigenvalue weighted by Crippen LogP contribution is -2.35. The minimum atomic E-state index is -3.61. The molecule has 1 aliphatic heterocycles. The van der Waals surface area contributed by atoms with Gasteiger partial charge in [0.2, 0.25) is 10.0 Å². The van der Waals surface area contributed by atoms with Crippen molar-refractivity contribution in [2.24, 2.45) is 0 Å². The van der Waals surface area contributed by atoms with Gasteiger partial charge in [-0.15, -0.1) is 0 Å². The Morgan fingerprint density at radius 3 is 2.59 bits per heavy atom. The summed E-state index contributed by atoms with van der Waals surface area (Å²) in [5.41, 5.74) is 2.17. The summed E-state index contributed by atoms with van der Waals surface area (Å²) in [6.45, 7) is 6.23. The Hall–Kier alpha value is -2.56. The molecule has 0 atom stereocenters. The van der Waals surface area contributed by atoms with Crippen molar-refractivity contribution in [1.29, 1.82) is 0 Å². The smallest absolute Gasteiger partial charge is 0.248 e. The van der Waals surface area contributed by atoms with Gasteiger partial charge < -0.3 is 4.52 Å². The fraction of sp³-hybridized carbons (Fsp3) is 0.421. The van der Waals surface area contributed by atoms with Crippen molar-refractivity contribution >= 4 is 10.0 Å². The van der Waals surface area contributed by atoms with Crippen LogP contribution in [-0.4, -0.2) is 64.0 Å². The molecule has 1 fully saturated rings. The van der Waals surface area contributed by atoms with Crippen molar-refractivity contribution in [3.05, 3.63) is 53.7 Å². The quantitative estimate of drug-likeness (QED) is 0.625. The van der Waals surface area contributed by atoms with E-state index in [0.29, 0.717) is 37.6 Å². The van der Waals surface area contributed by atoms with Gasteiger partial charge in [-0.05, 0) is 38.9 Å². The number of hydrogen-bond donors (Lipinski definition) is 0. The molecule has 29 heavy (non-hydrogen) atoms. The molecule has 3 aromatic rings. The Morgan fingerprint density at radius 1 is 1.07 bits per heavy atom. The maximum atomic E-state index is 13.0. The molecular formula is C19H24N6O3S. The average molecular weight is 417 g/mol. The maximum Gasteiger partial charge on any atom is 0.248 e. The summed E-state index contributed by atoms with van der Waals surface area (Å²) in [6, 6.07) is 9.75. The molecule has 1 aromatic carbocycles. The minimum Gasteiger partial charge on any atom is -0.360 e. The average Bonchev–Trinajstić information content (AvgIpc) is 3.22. The second-order valence-electron chi connectivity index (χ2n) is 7.15. The molecule has 3 heterocycles. The highest BCUT2D eigenvalue weighted by Crippen LogP contribution is 2.24. The standard InChI is InChI=1S/C19H24N6O3S/c1-15-19(16(2)28-22-15)29(26,27)24-10-6-9-23(11-12-24)14-17-13-20-25(21-17)18-7-4-3-5-8-18/h3-5,7-8,13H,6,9-12,14H2,1-2H3. The zero-order valence-corrected chi connectivity index (χ0v) is 17.3. The fourth-order valence-electron chi connectivity index (χ4n) is 3.60. The third-order valence-electron chi connectivity index (χ3n) is 5.03. The summed E-state index contributed by atoms with van der Waals surface area (Å²) < 4.78 is 32.7. The molecule has 4 rings (SSSR count). The first-order valence-corrected chi connectivity index (χ1v) is 11.0. The number of aryl methyl sites for hydroxylation is 2. The molecule has 1 aliphatic rings. The van der Waals surface area contributed by atoms with Crippen LogP contribution in [0.4, 0.5) is 0 Å². The molecule has 0 radical (unpaired) electrons. The van der Waals surface area contributed by atoms with Gasteiger partial charge >= 0.3 is 0 Å². The van der Waals surface area contributed by atoms with Crippen LogP contribution in [-0.2, 0) is 16.6 Å². The molecular weight excluding hydrogens is 392 g/mol. The normalized spacial score (nSPS) is 16.8. The summed E-state index contributed by atoms with van der Waals surface area (Å²) in [6.07, 6.45) is 2.51. The van der Waals surface area contributed by atoms with Crippen LogP contribution >= 0.6 is 0 Å². The van der Waals surface area contributed by atoms with Gasteiger partial charge in [-0.25, -0.2) is 8.42 Å². The van der Waals surface area contributed by atoms with Gasteiger partial charge in [0, 0.05) is 26.2 Å². The minimum absolute atomic E-state index is 0.191. The highest BCUT2D eigenvalue weighted by molar-refractivity contribution is 7.89. The first-order chi connectivity index (χ1) is 13.9. The lowest BCUT2D eigenvalue weighted by atomic mass is 10.3. The molecule has 0 aliphatic carbocycles. The van der Waals surface area contributed by atoms with E-state index in [1.807, 2.05) is 30.3 Å². The van der Waals surface area contributed by atoms with E-state index in [-0.39, 0.29) is 4.90 Å². The lowest BCUT2D eigenvalue weighted by molar-refractivity contribution is 0.275. The number of para-hydroxylation sites is 1. The molecule has 0 N–H and O–H groups in total. The molecule has 0 bridgehead atoms. The second-order valence-corrected chi connectivity index (χ2v) is 9.02. The number of benzene rings is 1. The first-order valence-electron chi connectivity index (χ1n) is 9.57. The van der Waals surface area contributed by atoms with Crippen molar-refractivity contribution in [1.82, 2.24) is 29.4 Å². The SMILES string of the molecule is Cc1noc(C)c1S(=O)(=O)N1CCCN(Cc2cnn(-c3ccccc3)n2)CC1. The zero-order valence-electron chi connectivity index (χ0n) is 16.5. The zero-order chi connectivity index (χ0) is 20.4. The van der Waals surface area contributed by atoms with Crippen LogP contribution in [0.15, 0.2) is 45.9 Å². The van der Waals surface area contributed by atoms with E-state index < -0.39 is 10.0 Å². The summed E-state index contributed by atoms with van der Waals surface area (Å²) in [5, 5.41) is 12.7. The summed E-state index contributed by atoms with van der Waals surface area (Å²) in [5.74, 6) is 0.334. The van der Waals surface area contributed by atoms with Crippen LogP contribution in [0.1, 0.15) is 23.6 Å². The fourth-order valence-corrected chi connectivity index (χ4v) is 5.36. The van der Waals surface area contributed by atoms with Gasteiger partial charge in [-0.1, -0.05) is 23.4 Å². The predicted octanol–water partition coefficient (Wildman–Crippen LogP) is 1.77. The van der Waals surface area contributed by atoms with Crippen LogP contribution in [0, 0.1) is 13.8 Å². The van der Waals surface area contributed by atoms with Gasteiger partial charge in [-0.3, -0.25) is 4.90 Å². The van der Waals surface area contributed by atoms with Crippen LogP contribution < -0.4 is 0 Å². The Balaban J connectivity index is 1.43. The number of sulfonamides is 1. The Bertz CT molecular complexity index is 1060. The second kappa shape index (κ2) is 8.05. The van der Waals surface area contributed by atoms with Gasteiger partial charge in [0.1, 0.15) is 10.6 Å². The van der Waals surface area contributed by atoms with Gasteiger partial charge in [0.15, 0.2) is 5.76 Å². The number of rotatable bonds is 5. The number of aromatic nitrogens is 4. The molecule has 2 aromatic heterocycles. The molecule has 154 valence electrons. The van der Waals surface area contributed by atoms with Crippen LogP contribution in [0.3, 0.4) is 0 Å². The van der Waals surface area contributed by atoms with E-state index in [1.165, 1.54) is 4.31 Å². The number of hydrogen-bond acceptors (Lipinski definition) is 7. The molecule has 0 amide bonds. The van der Waals surface area contributed by atoms with Gasteiger partial charge in [-0.2, -0.15) is 19.3 Å². The third kappa shape index (κ3) is 4.09. The Morgan fingerprint density at radius 2 is 1.86 bits per heavy atom. The highest BCUT2D eigenvalue weighted by Gasteiger charge is 2.32. The van der Waals surface area contributed by atoms with Crippen molar-refractivity contribution in [3.8, 4) is 5.69 Å². The Kier molecular flexibility index (Phi) is 5.48. The number of nitrogens with zero attached hydrogens (tertiary/aromatic N) is 6. The summed E-state index contributed by atoms with van der Waals surface area (Å²) in [4.78, 5) is 4.01. The van der Waals surface area contributed by atoms with Crippen molar-refractivity contribution in [2.75, 3.05) is 26.2 Å². The van der Waals surface area contributed by atoms with Crippen LogP contribution in [0.2, 0.25) is 0 Å². The highest BCUT2D eigenvalue weighted by atomic mass is 32.2. The van der Waals surface area contributed by atoms with E-state index in [1.54, 1.807) is 24.8 Å². The monoisotopic (exact) mass is 416 g/mol. The summed E-state index contributed by atoms with van der Waals surface area (Å²) in [7, 11) is -3.61. The summed E-state index contributed by atoms with van der Waals surface area (Å²) >= 11 is 0. The Labute approximate surface area is 170 Å². The van der Waals surface area contributed by atoms with E-state index in [2.05, 4.69) is 20.3 Å². The predicted molar refractivity (Wildman–Crippen MR) is 106 cm³/mol. The molecule has 0 unspecified atom stereocenters. The van der Waals surface area contributed by atoms with Crippen molar-refractivity contribution in [3.63, 3.8) is 0 Å². The van der Waals surface area contributed by atoms with Gasteiger partial charge in [0.05, 0.1) is 17.6 Å². The molecule has 0 spiro atoms. The van der Waals surface area contributed by atoms with Gasteiger partial charge in [0.25, 0.3) is 0 Å². The van der Waals surface area contributed by atoms with E-state index in [4.69, 9.17) is 4.52 Å². The molecule has 9 nitrogen and oxygen atoms in total. The molecule has 10 heteroatoms. The van der Waals surface area contributed by atoms with Crippen LogP contribution in [0.5, 0.6) is 0 Å². The van der Waals surface area contributed by atoms with E-state index in [0.717, 1.165) is 24.3 Å². The molecule has 1 saturated heterocycles.